The van der Waals surface area contributed by atoms with Gasteiger partial charge in [-0.1, -0.05) is 22.0 Å². The molecule has 4 heteroatoms. The highest BCUT2D eigenvalue weighted by Crippen LogP contribution is 2.13. The number of aliphatic hydroxyl groups is 1. The third kappa shape index (κ3) is 3.04. The molecule has 0 saturated heterocycles. The summed E-state index contributed by atoms with van der Waals surface area (Å²) in [6, 6.07) is 7.04. The van der Waals surface area contributed by atoms with E-state index in [1.54, 1.807) is 26.1 Å². The molecule has 0 fully saturated rings. The largest absolute Gasteiger partial charge is 0.394 e. The minimum Gasteiger partial charge on any atom is -0.394 e. The van der Waals surface area contributed by atoms with Crippen LogP contribution in [-0.4, -0.2) is 35.6 Å². The quantitative estimate of drug-likeness (QED) is 0.913. The van der Waals surface area contributed by atoms with Gasteiger partial charge in [0, 0.05) is 17.1 Å². The van der Waals surface area contributed by atoms with Crippen LogP contribution in [0.15, 0.2) is 28.7 Å². The van der Waals surface area contributed by atoms with Crippen LogP contribution < -0.4 is 0 Å². The first-order valence-electron chi connectivity index (χ1n) is 4.70. The summed E-state index contributed by atoms with van der Waals surface area (Å²) in [7, 11) is 1.68. The number of likely N-dealkylation sites (N-methyl/N-ethyl adjacent to an activating group) is 1. The van der Waals surface area contributed by atoms with E-state index < -0.39 is 0 Å². The molecule has 0 bridgehead atoms. The van der Waals surface area contributed by atoms with Crippen molar-refractivity contribution in [1.82, 2.24) is 4.90 Å². The van der Waals surface area contributed by atoms with Crippen molar-refractivity contribution in [2.45, 2.75) is 13.0 Å². The van der Waals surface area contributed by atoms with Crippen molar-refractivity contribution in [3.8, 4) is 0 Å². The molecule has 0 aliphatic heterocycles. The molecule has 0 radical (unpaired) electrons. The first kappa shape index (κ1) is 12.2. The Bertz CT molecular complexity index is 354. The fourth-order valence-corrected chi connectivity index (χ4v) is 1.55. The van der Waals surface area contributed by atoms with Gasteiger partial charge < -0.3 is 10.0 Å². The maximum Gasteiger partial charge on any atom is 0.253 e. The number of rotatable bonds is 3. The Hall–Kier alpha value is -0.870. The summed E-state index contributed by atoms with van der Waals surface area (Å²) in [6.45, 7) is 1.77. The van der Waals surface area contributed by atoms with Crippen LogP contribution in [0.5, 0.6) is 0 Å². The number of benzene rings is 1. The summed E-state index contributed by atoms with van der Waals surface area (Å²) >= 11 is 3.31. The van der Waals surface area contributed by atoms with E-state index in [2.05, 4.69) is 15.9 Å². The number of carbonyl (C=O) groups is 1. The van der Waals surface area contributed by atoms with Gasteiger partial charge in [-0.05, 0) is 25.1 Å². The summed E-state index contributed by atoms with van der Waals surface area (Å²) in [5.74, 6) is -0.0853. The molecular weight excluding hydrogens is 258 g/mol. The molecule has 3 nitrogen and oxygen atoms in total. The second-order valence-electron chi connectivity index (χ2n) is 3.46. The van der Waals surface area contributed by atoms with Gasteiger partial charge in [-0.15, -0.1) is 0 Å². The first-order chi connectivity index (χ1) is 7.06. The van der Waals surface area contributed by atoms with Gasteiger partial charge in [-0.25, -0.2) is 0 Å². The van der Waals surface area contributed by atoms with Gasteiger partial charge in [0.15, 0.2) is 0 Å². The number of hydrogen-bond donors (Lipinski definition) is 1. The van der Waals surface area contributed by atoms with Crippen LogP contribution in [0.2, 0.25) is 0 Å². The maximum absolute atomic E-state index is 11.9. The number of amides is 1. The van der Waals surface area contributed by atoms with E-state index in [9.17, 15) is 4.79 Å². The number of aliphatic hydroxyl groups excluding tert-OH is 1. The fraction of sp³-hybridized carbons (Fsp3) is 0.364. The van der Waals surface area contributed by atoms with Crippen LogP contribution in [0.1, 0.15) is 17.3 Å². The van der Waals surface area contributed by atoms with Crippen molar-refractivity contribution >= 4 is 21.8 Å². The van der Waals surface area contributed by atoms with Crippen molar-refractivity contribution in [3.05, 3.63) is 34.3 Å². The third-order valence-corrected chi connectivity index (χ3v) is 2.81. The zero-order valence-corrected chi connectivity index (χ0v) is 10.4. The Kier molecular flexibility index (Phi) is 4.29. The van der Waals surface area contributed by atoms with Gasteiger partial charge in [0.05, 0.1) is 12.6 Å². The van der Waals surface area contributed by atoms with Crippen LogP contribution >= 0.6 is 15.9 Å². The molecule has 1 aromatic carbocycles. The van der Waals surface area contributed by atoms with Gasteiger partial charge in [-0.2, -0.15) is 0 Å². The monoisotopic (exact) mass is 271 g/mol. The zero-order chi connectivity index (χ0) is 11.4. The fourth-order valence-electron chi connectivity index (χ4n) is 1.15. The molecule has 1 rings (SSSR count). The van der Waals surface area contributed by atoms with Crippen molar-refractivity contribution in [1.29, 1.82) is 0 Å². The number of hydrogen-bond acceptors (Lipinski definition) is 2. The molecule has 0 aliphatic carbocycles. The van der Waals surface area contributed by atoms with Gasteiger partial charge in [-0.3, -0.25) is 4.79 Å². The molecule has 0 spiro atoms. The van der Waals surface area contributed by atoms with E-state index in [1.165, 1.54) is 4.90 Å². The summed E-state index contributed by atoms with van der Waals surface area (Å²) in [5.41, 5.74) is 0.618. The SMILES string of the molecule is CC(CO)N(C)C(=O)c1cccc(Br)c1. The van der Waals surface area contributed by atoms with Crippen molar-refractivity contribution < 1.29 is 9.90 Å². The molecule has 1 aromatic rings. The molecule has 0 heterocycles. The molecule has 15 heavy (non-hydrogen) atoms. The molecule has 1 atom stereocenters. The maximum atomic E-state index is 11.9. The highest BCUT2D eigenvalue weighted by molar-refractivity contribution is 9.10. The van der Waals surface area contributed by atoms with E-state index in [0.717, 1.165) is 4.47 Å². The van der Waals surface area contributed by atoms with Crippen LogP contribution in [0.4, 0.5) is 0 Å². The number of halogens is 1. The molecule has 0 saturated carbocycles. The van der Waals surface area contributed by atoms with Crippen LogP contribution in [0, 0.1) is 0 Å². The van der Waals surface area contributed by atoms with Crippen molar-refractivity contribution in [3.63, 3.8) is 0 Å². The van der Waals surface area contributed by atoms with Crippen molar-refractivity contribution in [2.75, 3.05) is 13.7 Å². The van der Waals surface area contributed by atoms with E-state index >= 15 is 0 Å². The average Bonchev–Trinajstić information content (AvgIpc) is 2.26. The van der Waals surface area contributed by atoms with Gasteiger partial charge in [0.1, 0.15) is 0 Å². The Balaban J connectivity index is 2.85. The summed E-state index contributed by atoms with van der Waals surface area (Å²) in [5, 5.41) is 8.95. The highest BCUT2D eigenvalue weighted by Gasteiger charge is 2.16. The van der Waals surface area contributed by atoms with E-state index in [-0.39, 0.29) is 18.6 Å². The van der Waals surface area contributed by atoms with E-state index in [1.807, 2.05) is 12.1 Å². The summed E-state index contributed by atoms with van der Waals surface area (Å²) < 4.78 is 0.874. The Labute approximate surface area is 97.8 Å². The predicted molar refractivity (Wildman–Crippen MR) is 62.8 cm³/mol. The van der Waals surface area contributed by atoms with Gasteiger partial charge in [0.25, 0.3) is 5.91 Å². The lowest BCUT2D eigenvalue weighted by molar-refractivity contribution is 0.0682. The van der Waals surface area contributed by atoms with E-state index in [4.69, 9.17) is 5.11 Å². The smallest absolute Gasteiger partial charge is 0.253 e. The van der Waals surface area contributed by atoms with E-state index in [0.29, 0.717) is 5.56 Å². The second-order valence-corrected chi connectivity index (χ2v) is 4.37. The lowest BCUT2D eigenvalue weighted by atomic mass is 10.2. The Morgan fingerprint density at radius 2 is 2.27 bits per heavy atom. The summed E-state index contributed by atoms with van der Waals surface area (Å²) in [6.07, 6.45) is 0. The minimum absolute atomic E-state index is 0.0315. The van der Waals surface area contributed by atoms with Gasteiger partial charge in [0.2, 0.25) is 0 Å². The third-order valence-electron chi connectivity index (χ3n) is 2.32. The highest BCUT2D eigenvalue weighted by atomic mass is 79.9. The lowest BCUT2D eigenvalue weighted by Crippen LogP contribution is -2.37. The topological polar surface area (TPSA) is 40.5 Å². The Morgan fingerprint density at radius 3 is 2.80 bits per heavy atom. The second kappa shape index (κ2) is 5.28. The summed E-state index contributed by atoms with van der Waals surface area (Å²) in [4.78, 5) is 13.4. The molecule has 1 N–H and O–H groups in total. The predicted octanol–water partition coefficient (Wildman–Crippen LogP) is 1.90. The lowest BCUT2D eigenvalue weighted by Gasteiger charge is -2.23. The molecule has 0 aromatic heterocycles. The number of nitrogens with zero attached hydrogens (tertiary/aromatic N) is 1. The average molecular weight is 272 g/mol. The molecule has 82 valence electrons. The molecule has 1 unspecified atom stereocenters. The zero-order valence-electron chi connectivity index (χ0n) is 8.77. The minimum atomic E-state index is -0.170. The Morgan fingerprint density at radius 1 is 1.60 bits per heavy atom. The number of carbonyl (C=O) groups excluding carboxylic acids is 1. The molecule has 0 aliphatic rings. The normalized spacial score (nSPS) is 12.3. The van der Waals surface area contributed by atoms with Crippen LogP contribution in [-0.2, 0) is 0 Å². The van der Waals surface area contributed by atoms with Crippen LogP contribution in [0.25, 0.3) is 0 Å². The van der Waals surface area contributed by atoms with Crippen molar-refractivity contribution in [2.24, 2.45) is 0 Å². The standard InChI is InChI=1S/C11H14BrNO2/c1-8(7-14)13(2)11(15)9-4-3-5-10(12)6-9/h3-6,8,14H,7H2,1-2H3. The first-order valence-corrected chi connectivity index (χ1v) is 5.49. The molecule has 1 amide bonds. The molecular formula is C11H14BrNO2. The van der Waals surface area contributed by atoms with Gasteiger partial charge >= 0.3 is 0 Å². The van der Waals surface area contributed by atoms with Crippen LogP contribution in [0.3, 0.4) is 0 Å².